The van der Waals surface area contributed by atoms with Crippen LogP contribution in [0.1, 0.15) is 5.56 Å². The largest absolute Gasteiger partial charge is 0.461 e. The van der Waals surface area contributed by atoms with Crippen LogP contribution in [0.2, 0.25) is 0 Å². The van der Waals surface area contributed by atoms with Crippen LogP contribution in [-0.2, 0) is 16.9 Å². The smallest absolute Gasteiger partial charge is 0.200 e. The molecule has 2 heterocycles. The van der Waals surface area contributed by atoms with Crippen molar-refractivity contribution in [2.75, 3.05) is 11.5 Å². The van der Waals surface area contributed by atoms with Gasteiger partial charge in [-0.25, -0.2) is 8.42 Å². The van der Waals surface area contributed by atoms with Crippen molar-refractivity contribution in [1.29, 1.82) is 0 Å². The van der Waals surface area contributed by atoms with Gasteiger partial charge >= 0.3 is 0 Å². The van der Waals surface area contributed by atoms with E-state index in [1.165, 1.54) is 11.8 Å². The van der Waals surface area contributed by atoms with Crippen LogP contribution in [0.3, 0.4) is 0 Å². The van der Waals surface area contributed by atoms with Crippen molar-refractivity contribution in [2.45, 2.75) is 17.0 Å². The quantitative estimate of drug-likeness (QED) is 0.627. The molecule has 0 radical (unpaired) electrons. The van der Waals surface area contributed by atoms with Gasteiger partial charge < -0.3 is 8.98 Å². The molecule has 8 heteroatoms. The first-order chi connectivity index (χ1) is 11.5. The van der Waals surface area contributed by atoms with Gasteiger partial charge in [-0.05, 0) is 31.2 Å². The first kappa shape index (κ1) is 16.8. The molecule has 0 fully saturated rings. The number of thioether (sulfide) groups is 1. The van der Waals surface area contributed by atoms with Gasteiger partial charge in [0, 0.05) is 12.8 Å². The standard InChI is InChI=1S/C16H17N3O3S2/c1-12-5-7-13(8-6-12)24(20,21)11-10-23-16-18-17-15(19(16)2)14-4-3-9-22-14/h3-9H,10-11H2,1-2H3. The Morgan fingerprint density at radius 2 is 1.92 bits per heavy atom. The van der Waals surface area contributed by atoms with E-state index in [0.717, 1.165) is 5.56 Å². The average Bonchev–Trinajstić information content (AvgIpc) is 3.18. The van der Waals surface area contributed by atoms with E-state index in [1.807, 2.05) is 14.0 Å². The number of furan rings is 1. The highest BCUT2D eigenvalue weighted by Gasteiger charge is 2.17. The number of hydrogen-bond donors (Lipinski definition) is 0. The molecule has 0 aliphatic heterocycles. The van der Waals surface area contributed by atoms with Crippen molar-refractivity contribution in [3.8, 4) is 11.6 Å². The monoisotopic (exact) mass is 363 g/mol. The second-order valence-corrected chi connectivity index (χ2v) is 8.49. The van der Waals surface area contributed by atoms with Crippen LogP contribution in [0.25, 0.3) is 11.6 Å². The van der Waals surface area contributed by atoms with Crippen LogP contribution in [-0.4, -0.2) is 34.7 Å². The first-order valence-corrected chi connectivity index (χ1v) is 9.96. The first-order valence-electron chi connectivity index (χ1n) is 7.33. The molecule has 1 aromatic carbocycles. The maximum atomic E-state index is 12.3. The van der Waals surface area contributed by atoms with Crippen LogP contribution in [0, 0.1) is 6.92 Å². The SMILES string of the molecule is Cc1ccc(S(=O)(=O)CCSc2nnc(-c3ccco3)n2C)cc1. The molecule has 0 unspecified atom stereocenters. The predicted molar refractivity (Wildman–Crippen MR) is 92.7 cm³/mol. The molecule has 0 aliphatic rings. The number of aryl methyl sites for hydroxylation is 1. The van der Waals surface area contributed by atoms with E-state index in [1.54, 1.807) is 47.2 Å². The second kappa shape index (κ2) is 6.82. The average molecular weight is 363 g/mol. The van der Waals surface area contributed by atoms with E-state index < -0.39 is 9.84 Å². The Morgan fingerprint density at radius 1 is 1.17 bits per heavy atom. The maximum Gasteiger partial charge on any atom is 0.200 e. The summed E-state index contributed by atoms with van der Waals surface area (Å²) in [6.45, 7) is 1.93. The molecule has 0 aliphatic carbocycles. The van der Waals surface area contributed by atoms with E-state index in [2.05, 4.69) is 10.2 Å². The van der Waals surface area contributed by atoms with Crippen molar-refractivity contribution >= 4 is 21.6 Å². The second-order valence-electron chi connectivity index (χ2n) is 5.32. The summed E-state index contributed by atoms with van der Waals surface area (Å²) in [6.07, 6.45) is 1.57. The summed E-state index contributed by atoms with van der Waals surface area (Å²) >= 11 is 1.36. The van der Waals surface area contributed by atoms with Crippen molar-refractivity contribution in [3.63, 3.8) is 0 Å². The third-order valence-electron chi connectivity index (χ3n) is 3.54. The highest BCUT2D eigenvalue weighted by molar-refractivity contribution is 8.00. The molecule has 0 bridgehead atoms. The number of aromatic nitrogens is 3. The molecule has 0 saturated heterocycles. The minimum absolute atomic E-state index is 0.0453. The zero-order chi connectivity index (χ0) is 17.2. The minimum Gasteiger partial charge on any atom is -0.461 e. The zero-order valence-electron chi connectivity index (χ0n) is 13.3. The fourth-order valence-corrected chi connectivity index (χ4v) is 4.73. The summed E-state index contributed by atoms with van der Waals surface area (Å²) in [5.41, 5.74) is 1.04. The lowest BCUT2D eigenvalue weighted by Crippen LogP contribution is -2.09. The molecule has 0 amide bonds. The summed E-state index contributed by atoms with van der Waals surface area (Å²) in [4.78, 5) is 0.350. The van der Waals surface area contributed by atoms with Crippen LogP contribution in [0.5, 0.6) is 0 Å². The van der Waals surface area contributed by atoms with Gasteiger partial charge in [-0.1, -0.05) is 29.5 Å². The third kappa shape index (κ3) is 3.54. The van der Waals surface area contributed by atoms with Crippen molar-refractivity contribution in [3.05, 3.63) is 48.2 Å². The van der Waals surface area contributed by atoms with E-state index in [9.17, 15) is 8.42 Å². The number of nitrogens with zero attached hydrogens (tertiary/aromatic N) is 3. The lowest BCUT2D eigenvalue weighted by Gasteiger charge is -2.05. The maximum absolute atomic E-state index is 12.3. The van der Waals surface area contributed by atoms with Gasteiger partial charge in [0.15, 0.2) is 26.6 Å². The molecule has 2 aromatic heterocycles. The molecular formula is C16H17N3O3S2. The van der Waals surface area contributed by atoms with Crippen molar-refractivity contribution in [2.24, 2.45) is 7.05 Å². The molecular weight excluding hydrogens is 346 g/mol. The Hall–Kier alpha value is -2.06. The molecule has 6 nitrogen and oxygen atoms in total. The van der Waals surface area contributed by atoms with Gasteiger partial charge in [-0.15, -0.1) is 10.2 Å². The van der Waals surface area contributed by atoms with Crippen LogP contribution in [0.4, 0.5) is 0 Å². The Bertz CT molecular complexity index is 914. The van der Waals surface area contributed by atoms with Gasteiger partial charge in [0.1, 0.15) is 0 Å². The van der Waals surface area contributed by atoms with Crippen molar-refractivity contribution < 1.29 is 12.8 Å². The van der Waals surface area contributed by atoms with E-state index in [0.29, 0.717) is 27.4 Å². The lowest BCUT2D eigenvalue weighted by atomic mass is 10.2. The highest BCUT2D eigenvalue weighted by Crippen LogP contribution is 2.23. The number of sulfone groups is 1. The molecule has 0 N–H and O–H groups in total. The number of benzene rings is 1. The Morgan fingerprint density at radius 3 is 2.58 bits per heavy atom. The van der Waals surface area contributed by atoms with Gasteiger partial charge in [-0.2, -0.15) is 0 Å². The van der Waals surface area contributed by atoms with Crippen LogP contribution >= 0.6 is 11.8 Å². The summed E-state index contributed by atoms with van der Waals surface area (Å²) in [5, 5.41) is 8.84. The van der Waals surface area contributed by atoms with E-state index >= 15 is 0 Å². The van der Waals surface area contributed by atoms with E-state index in [-0.39, 0.29) is 5.75 Å². The Kier molecular flexibility index (Phi) is 4.77. The lowest BCUT2D eigenvalue weighted by molar-refractivity contribution is 0.572. The number of rotatable bonds is 6. The van der Waals surface area contributed by atoms with Gasteiger partial charge in [0.2, 0.25) is 0 Å². The van der Waals surface area contributed by atoms with Crippen molar-refractivity contribution in [1.82, 2.24) is 14.8 Å². The number of hydrogen-bond acceptors (Lipinski definition) is 6. The predicted octanol–water partition coefficient (Wildman–Crippen LogP) is 2.95. The van der Waals surface area contributed by atoms with Gasteiger partial charge in [0.25, 0.3) is 0 Å². The zero-order valence-corrected chi connectivity index (χ0v) is 15.0. The summed E-state index contributed by atoms with van der Waals surface area (Å²) < 4.78 is 31.8. The summed E-state index contributed by atoms with van der Waals surface area (Å²) in [5.74, 6) is 1.69. The molecule has 24 heavy (non-hydrogen) atoms. The van der Waals surface area contributed by atoms with Crippen LogP contribution < -0.4 is 0 Å². The van der Waals surface area contributed by atoms with Crippen LogP contribution in [0.15, 0.2) is 57.1 Å². The Labute approximate surface area is 144 Å². The topological polar surface area (TPSA) is 78.0 Å². The fraction of sp³-hybridized carbons (Fsp3) is 0.250. The normalized spacial score (nSPS) is 11.8. The highest BCUT2D eigenvalue weighted by atomic mass is 32.2. The van der Waals surface area contributed by atoms with Gasteiger partial charge in [-0.3, -0.25) is 0 Å². The van der Waals surface area contributed by atoms with Gasteiger partial charge in [0.05, 0.1) is 16.9 Å². The Balaban J connectivity index is 1.65. The third-order valence-corrected chi connectivity index (χ3v) is 6.55. The molecule has 0 spiro atoms. The molecule has 0 atom stereocenters. The molecule has 3 aromatic rings. The molecule has 0 saturated carbocycles. The van der Waals surface area contributed by atoms with E-state index in [4.69, 9.17) is 4.42 Å². The minimum atomic E-state index is -3.29. The summed E-state index contributed by atoms with van der Waals surface area (Å²) in [7, 11) is -1.47. The molecule has 3 rings (SSSR count). The fourth-order valence-electron chi connectivity index (χ4n) is 2.17. The summed E-state index contributed by atoms with van der Waals surface area (Å²) in [6, 6.07) is 10.5. The molecule has 126 valence electrons.